The molecule has 0 rings (SSSR count). The summed E-state index contributed by atoms with van der Waals surface area (Å²) in [7, 11) is 0. The maximum absolute atomic E-state index is 11.9. The quantitative estimate of drug-likeness (QED) is 0.0961. The summed E-state index contributed by atoms with van der Waals surface area (Å²) in [6, 6.07) is 0. The molecule has 0 heterocycles. The highest BCUT2D eigenvalue weighted by atomic mass is 16.5. The zero-order valence-electron chi connectivity index (χ0n) is 23.3. The van der Waals surface area contributed by atoms with Crippen LogP contribution >= 0.6 is 0 Å². The van der Waals surface area contributed by atoms with Crippen molar-refractivity contribution in [2.45, 2.75) is 156 Å². The van der Waals surface area contributed by atoms with Crippen molar-refractivity contribution in [3.8, 4) is 0 Å². The predicted octanol–water partition coefficient (Wildman–Crippen LogP) is 9.19. The standard InChI is InChI=1S/C30H58O4/c1-5-6-7-8-9-10-11-12-13-14-18-25-33-29(31)22-16-15-17-23-30(32)34-26-24-28(4)21-19-20-27(2)3/h27-28H,5-26H2,1-4H3. The largest absolute Gasteiger partial charge is 0.466 e. The fourth-order valence-electron chi connectivity index (χ4n) is 4.20. The molecule has 0 aliphatic rings. The van der Waals surface area contributed by atoms with Crippen LogP contribution in [-0.4, -0.2) is 25.2 Å². The summed E-state index contributed by atoms with van der Waals surface area (Å²) in [6.07, 6.45) is 22.3. The molecule has 1 unspecified atom stereocenters. The highest BCUT2D eigenvalue weighted by molar-refractivity contribution is 5.69. The summed E-state index contributed by atoms with van der Waals surface area (Å²) in [5.74, 6) is 1.18. The lowest BCUT2D eigenvalue weighted by Gasteiger charge is -2.12. The van der Waals surface area contributed by atoms with Crippen LogP contribution in [0.25, 0.3) is 0 Å². The molecule has 0 aromatic heterocycles. The highest BCUT2D eigenvalue weighted by Gasteiger charge is 2.08. The number of unbranched alkanes of at least 4 members (excludes halogenated alkanes) is 12. The maximum atomic E-state index is 11.9. The van der Waals surface area contributed by atoms with Crippen molar-refractivity contribution in [3.63, 3.8) is 0 Å². The molecule has 202 valence electrons. The fourth-order valence-corrected chi connectivity index (χ4v) is 4.20. The lowest BCUT2D eigenvalue weighted by molar-refractivity contribution is -0.144. The van der Waals surface area contributed by atoms with E-state index < -0.39 is 0 Å². The van der Waals surface area contributed by atoms with Gasteiger partial charge in [-0.05, 0) is 37.5 Å². The average molecular weight is 483 g/mol. The van der Waals surface area contributed by atoms with Gasteiger partial charge in [0.1, 0.15) is 0 Å². The second-order valence-corrected chi connectivity index (χ2v) is 10.8. The Hall–Kier alpha value is -1.06. The summed E-state index contributed by atoms with van der Waals surface area (Å²) in [6.45, 7) is 10.1. The number of ether oxygens (including phenoxy) is 2. The lowest BCUT2D eigenvalue weighted by atomic mass is 9.98. The van der Waals surface area contributed by atoms with E-state index >= 15 is 0 Å². The first-order chi connectivity index (χ1) is 16.5. The number of esters is 2. The van der Waals surface area contributed by atoms with Gasteiger partial charge in [0.2, 0.25) is 0 Å². The minimum atomic E-state index is -0.103. The topological polar surface area (TPSA) is 52.6 Å². The summed E-state index contributed by atoms with van der Waals surface area (Å²) in [4.78, 5) is 23.7. The van der Waals surface area contributed by atoms with Crippen LogP contribution in [0.3, 0.4) is 0 Å². The van der Waals surface area contributed by atoms with Crippen LogP contribution in [0.1, 0.15) is 156 Å². The Labute approximate surface area is 212 Å². The minimum absolute atomic E-state index is 0.0962. The zero-order valence-corrected chi connectivity index (χ0v) is 23.3. The third-order valence-electron chi connectivity index (χ3n) is 6.62. The second kappa shape index (κ2) is 25.0. The number of rotatable bonds is 25. The van der Waals surface area contributed by atoms with Gasteiger partial charge in [-0.25, -0.2) is 0 Å². The molecule has 34 heavy (non-hydrogen) atoms. The predicted molar refractivity (Wildman–Crippen MR) is 144 cm³/mol. The molecule has 0 saturated heterocycles. The van der Waals surface area contributed by atoms with Crippen LogP contribution in [0.15, 0.2) is 0 Å². The number of hydrogen-bond donors (Lipinski definition) is 0. The SMILES string of the molecule is CCCCCCCCCCCCCOC(=O)CCCCCC(=O)OCCC(C)CCCC(C)C. The van der Waals surface area contributed by atoms with Crippen molar-refractivity contribution in [2.75, 3.05) is 13.2 Å². The molecule has 4 nitrogen and oxygen atoms in total. The first-order valence-corrected chi connectivity index (χ1v) is 14.8. The molecule has 0 aromatic rings. The van der Waals surface area contributed by atoms with E-state index in [0.717, 1.165) is 44.4 Å². The van der Waals surface area contributed by atoms with Crippen molar-refractivity contribution in [1.82, 2.24) is 0 Å². The van der Waals surface area contributed by atoms with E-state index in [1.54, 1.807) is 0 Å². The van der Waals surface area contributed by atoms with Crippen molar-refractivity contribution in [1.29, 1.82) is 0 Å². The van der Waals surface area contributed by atoms with Crippen LogP contribution in [0.2, 0.25) is 0 Å². The molecule has 0 radical (unpaired) electrons. The second-order valence-electron chi connectivity index (χ2n) is 10.8. The zero-order chi connectivity index (χ0) is 25.3. The van der Waals surface area contributed by atoms with Crippen LogP contribution in [0.4, 0.5) is 0 Å². The molecule has 0 bridgehead atoms. The molecule has 0 spiro atoms. The van der Waals surface area contributed by atoms with Crippen LogP contribution in [0.5, 0.6) is 0 Å². The van der Waals surface area contributed by atoms with E-state index in [0.29, 0.717) is 32.0 Å². The molecular formula is C30H58O4. The maximum Gasteiger partial charge on any atom is 0.305 e. The Bertz CT molecular complexity index is 461. The van der Waals surface area contributed by atoms with Gasteiger partial charge in [0.05, 0.1) is 13.2 Å². The summed E-state index contributed by atoms with van der Waals surface area (Å²) in [5.41, 5.74) is 0. The van der Waals surface area contributed by atoms with Crippen molar-refractivity contribution in [2.24, 2.45) is 11.8 Å². The van der Waals surface area contributed by atoms with Gasteiger partial charge in [-0.2, -0.15) is 0 Å². The van der Waals surface area contributed by atoms with Crippen LogP contribution in [0, 0.1) is 11.8 Å². The Kier molecular flexibility index (Phi) is 24.3. The highest BCUT2D eigenvalue weighted by Crippen LogP contribution is 2.15. The molecule has 0 aromatic carbocycles. The normalized spacial score (nSPS) is 12.1. The van der Waals surface area contributed by atoms with E-state index in [2.05, 4.69) is 27.7 Å². The Morgan fingerprint density at radius 2 is 1.00 bits per heavy atom. The summed E-state index contributed by atoms with van der Waals surface area (Å²) >= 11 is 0. The Balaban J connectivity index is 3.37. The molecule has 0 fully saturated rings. The average Bonchev–Trinajstić information content (AvgIpc) is 2.79. The van der Waals surface area contributed by atoms with Crippen LogP contribution in [-0.2, 0) is 19.1 Å². The van der Waals surface area contributed by atoms with Gasteiger partial charge in [-0.15, -0.1) is 0 Å². The van der Waals surface area contributed by atoms with E-state index in [1.807, 2.05) is 0 Å². The van der Waals surface area contributed by atoms with Crippen molar-refractivity contribution >= 4 is 11.9 Å². The van der Waals surface area contributed by atoms with E-state index in [1.165, 1.54) is 77.0 Å². The fraction of sp³-hybridized carbons (Fsp3) is 0.933. The number of hydrogen-bond acceptors (Lipinski definition) is 4. The van der Waals surface area contributed by atoms with E-state index in [9.17, 15) is 9.59 Å². The van der Waals surface area contributed by atoms with Crippen molar-refractivity contribution < 1.29 is 19.1 Å². The molecule has 0 amide bonds. The summed E-state index contributed by atoms with van der Waals surface area (Å²) < 4.78 is 10.7. The van der Waals surface area contributed by atoms with Gasteiger partial charge < -0.3 is 9.47 Å². The van der Waals surface area contributed by atoms with E-state index in [-0.39, 0.29) is 11.9 Å². The first-order valence-electron chi connectivity index (χ1n) is 14.8. The molecule has 0 aliphatic carbocycles. The monoisotopic (exact) mass is 482 g/mol. The molecular weight excluding hydrogens is 424 g/mol. The third kappa shape index (κ3) is 25.6. The lowest BCUT2D eigenvalue weighted by Crippen LogP contribution is -2.09. The molecule has 1 atom stereocenters. The van der Waals surface area contributed by atoms with Gasteiger partial charge >= 0.3 is 11.9 Å². The van der Waals surface area contributed by atoms with Gasteiger partial charge in [0.15, 0.2) is 0 Å². The number of carbonyl (C=O) groups is 2. The molecule has 4 heteroatoms. The van der Waals surface area contributed by atoms with Crippen molar-refractivity contribution in [3.05, 3.63) is 0 Å². The van der Waals surface area contributed by atoms with E-state index in [4.69, 9.17) is 9.47 Å². The van der Waals surface area contributed by atoms with Gasteiger partial charge in [0, 0.05) is 12.8 Å². The summed E-state index contributed by atoms with van der Waals surface area (Å²) in [5, 5.41) is 0. The smallest absolute Gasteiger partial charge is 0.305 e. The Morgan fingerprint density at radius 3 is 1.53 bits per heavy atom. The van der Waals surface area contributed by atoms with Gasteiger partial charge in [-0.1, -0.05) is 118 Å². The third-order valence-corrected chi connectivity index (χ3v) is 6.62. The van der Waals surface area contributed by atoms with Gasteiger partial charge in [-0.3, -0.25) is 9.59 Å². The Morgan fingerprint density at radius 1 is 0.529 bits per heavy atom. The molecule has 0 saturated carbocycles. The van der Waals surface area contributed by atoms with Crippen LogP contribution < -0.4 is 0 Å². The molecule has 0 N–H and O–H groups in total. The number of carbonyl (C=O) groups excluding carboxylic acids is 2. The minimum Gasteiger partial charge on any atom is -0.466 e. The first kappa shape index (κ1) is 32.9. The van der Waals surface area contributed by atoms with Gasteiger partial charge in [0.25, 0.3) is 0 Å². The molecule has 0 aliphatic heterocycles.